The van der Waals surface area contributed by atoms with Crippen molar-refractivity contribution in [3.8, 4) is 11.4 Å². The van der Waals surface area contributed by atoms with E-state index < -0.39 is 0 Å². The maximum absolute atomic E-state index is 13.8. The molecule has 2 aromatic heterocycles. The number of nitrogens with zero attached hydrogens (tertiary/aromatic N) is 4. The molecule has 2 aromatic carbocycles. The summed E-state index contributed by atoms with van der Waals surface area (Å²) in [6, 6.07) is 12.2. The second-order valence-corrected chi connectivity index (χ2v) is 8.22. The summed E-state index contributed by atoms with van der Waals surface area (Å²) in [7, 11) is 1.59. The summed E-state index contributed by atoms with van der Waals surface area (Å²) in [5.74, 6) is 1.89. The number of aromatic amines is 1. The Kier molecular flexibility index (Phi) is 7.47. The average molecular weight is 489 g/mol. The number of hydrogen-bond acceptors (Lipinski definition) is 5. The summed E-state index contributed by atoms with van der Waals surface area (Å²) in [5, 5.41) is 10.9. The molecule has 1 unspecified atom stereocenters. The van der Waals surface area contributed by atoms with Gasteiger partial charge in [0.1, 0.15) is 28.9 Å². The van der Waals surface area contributed by atoms with Gasteiger partial charge in [0.2, 0.25) is 5.95 Å². The first kappa shape index (κ1) is 23.1. The summed E-state index contributed by atoms with van der Waals surface area (Å²) in [4.78, 5) is 8.66. The van der Waals surface area contributed by atoms with Gasteiger partial charge in [-0.2, -0.15) is 4.98 Å². The van der Waals surface area contributed by atoms with Crippen LogP contribution in [0.4, 0.5) is 16.0 Å². The minimum absolute atomic E-state index is 0.116. The van der Waals surface area contributed by atoms with Gasteiger partial charge >= 0.3 is 0 Å². The molecule has 33 heavy (non-hydrogen) atoms. The van der Waals surface area contributed by atoms with Gasteiger partial charge in [-0.3, -0.25) is 5.10 Å². The van der Waals surface area contributed by atoms with Crippen LogP contribution < -0.4 is 10.1 Å². The van der Waals surface area contributed by atoms with E-state index in [-0.39, 0.29) is 11.7 Å². The molecule has 0 saturated heterocycles. The van der Waals surface area contributed by atoms with E-state index >= 15 is 0 Å². The van der Waals surface area contributed by atoms with Crippen molar-refractivity contribution in [2.45, 2.75) is 25.2 Å². The Balaban J connectivity index is 1.55. The van der Waals surface area contributed by atoms with Crippen molar-refractivity contribution >= 4 is 34.8 Å². The molecule has 0 aliphatic carbocycles. The number of H-pyrrole nitrogens is 1. The number of methoxy groups -OCH3 is 1. The third-order valence-corrected chi connectivity index (χ3v) is 5.69. The molecule has 2 heterocycles. The van der Waals surface area contributed by atoms with E-state index in [0.717, 1.165) is 36.2 Å². The second-order valence-electron chi connectivity index (χ2n) is 7.45. The molecule has 7 nitrogen and oxygen atoms in total. The number of anilines is 2. The summed E-state index contributed by atoms with van der Waals surface area (Å²) in [6.07, 6.45) is 5.86. The SMILES string of the molecule is COc1cc(Nc2n[nH]c(C(CCCCCl)c3cccc(F)c3)n2)ccc1-n1cnc(Cl)c1. The van der Waals surface area contributed by atoms with Crippen LogP contribution in [0.25, 0.3) is 5.69 Å². The highest BCUT2D eigenvalue weighted by atomic mass is 35.5. The average Bonchev–Trinajstić information content (AvgIpc) is 3.45. The summed E-state index contributed by atoms with van der Waals surface area (Å²) in [6.45, 7) is 0. The van der Waals surface area contributed by atoms with Gasteiger partial charge in [-0.15, -0.1) is 16.7 Å². The van der Waals surface area contributed by atoms with Crippen LogP contribution in [-0.2, 0) is 0 Å². The zero-order chi connectivity index (χ0) is 23.2. The van der Waals surface area contributed by atoms with E-state index in [2.05, 4.69) is 25.5 Å². The smallest absolute Gasteiger partial charge is 0.246 e. The maximum Gasteiger partial charge on any atom is 0.246 e. The van der Waals surface area contributed by atoms with Crippen molar-refractivity contribution < 1.29 is 9.13 Å². The third kappa shape index (κ3) is 5.64. The number of hydrogen-bond donors (Lipinski definition) is 2. The summed E-state index contributed by atoms with van der Waals surface area (Å²) < 4.78 is 21.2. The Labute approximate surface area is 200 Å². The summed E-state index contributed by atoms with van der Waals surface area (Å²) in [5.41, 5.74) is 2.39. The molecule has 0 radical (unpaired) electrons. The first-order valence-electron chi connectivity index (χ1n) is 10.5. The molecule has 0 bridgehead atoms. The predicted octanol–water partition coefficient (Wildman–Crippen LogP) is 6.08. The van der Waals surface area contributed by atoms with E-state index in [0.29, 0.717) is 28.6 Å². The minimum atomic E-state index is -0.279. The fraction of sp³-hybridized carbons (Fsp3) is 0.261. The van der Waals surface area contributed by atoms with Gasteiger partial charge in [-0.05, 0) is 42.7 Å². The number of aromatic nitrogens is 5. The molecule has 0 fully saturated rings. The number of benzene rings is 2. The highest BCUT2D eigenvalue weighted by Crippen LogP contribution is 2.31. The number of halogens is 3. The second kappa shape index (κ2) is 10.7. The van der Waals surface area contributed by atoms with E-state index in [1.54, 1.807) is 30.3 Å². The quantitative estimate of drug-likeness (QED) is 0.209. The Hall–Kier alpha value is -3.10. The van der Waals surface area contributed by atoms with Crippen LogP contribution in [0.1, 0.15) is 36.6 Å². The van der Waals surface area contributed by atoms with Crippen LogP contribution in [0.5, 0.6) is 5.75 Å². The molecule has 0 aliphatic rings. The van der Waals surface area contributed by atoms with Crippen LogP contribution in [-0.4, -0.2) is 37.7 Å². The molecule has 0 aliphatic heterocycles. The van der Waals surface area contributed by atoms with Crippen LogP contribution in [0.2, 0.25) is 5.15 Å². The highest BCUT2D eigenvalue weighted by molar-refractivity contribution is 6.29. The van der Waals surface area contributed by atoms with E-state index in [9.17, 15) is 4.39 Å². The molecule has 2 N–H and O–H groups in total. The van der Waals surface area contributed by atoms with Gasteiger partial charge in [-0.25, -0.2) is 9.37 Å². The Morgan fingerprint density at radius 2 is 2.09 bits per heavy atom. The number of ether oxygens (including phenoxy) is 1. The van der Waals surface area contributed by atoms with Gasteiger partial charge in [-0.1, -0.05) is 30.2 Å². The van der Waals surface area contributed by atoms with Crippen molar-refractivity contribution in [1.29, 1.82) is 0 Å². The van der Waals surface area contributed by atoms with Crippen LogP contribution in [0.15, 0.2) is 55.0 Å². The van der Waals surface area contributed by atoms with Crippen LogP contribution in [0, 0.1) is 5.82 Å². The van der Waals surface area contributed by atoms with Crippen molar-refractivity contribution in [3.63, 3.8) is 0 Å². The fourth-order valence-electron chi connectivity index (χ4n) is 3.64. The lowest BCUT2D eigenvalue weighted by atomic mass is 9.93. The number of alkyl halides is 1. The third-order valence-electron chi connectivity index (χ3n) is 5.23. The molecule has 1 atom stereocenters. The van der Waals surface area contributed by atoms with E-state index in [1.165, 1.54) is 12.1 Å². The topological polar surface area (TPSA) is 80.6 Å². The van der Waals surface area contributed by atoms with Gasteiger partial charge in [0.05, 0.1) is 12.8 Å². The first-order chi connectivity index (χ1) is 16.1. The van der Waals surface area contributed by atoms with E-state index in [4.69, 9.17) is 27.9 Å². The number of imidazole rings is 1. The molecule has 0 saturated carbocycles. The monoisotopic (exact) mass is 488 g/mol. The molecule has 172 valence electrons. The van der Waals surface area contributed by atoms with Gasteiger partial charge in [0, 0.05) is 29.7 Å². The van der Waals surface area contributed by atoms with Crippen molar-refractivity contribution in [1.82, 2.24) is 24.7 Å². The lowest BCUT2D eigenvalue weighted by Crippen LogP contribution is -2.05. The lowest BCUT2D eigenvalue weighted by Gasteiger charge is -2.14. The first-order valence-corrected chi connectivity index (χ1v) is 11.4. The maximum atomic E-state index is 13.8. The van der Waals surface area contributed by atoms with Crippen molar-refractivity contribution in [3.05, 3.63) is 77.3 Å². The van der Waals surface area contributed by atoms with Gasteiger partial charge in [0.25, 0.3) is 0 Å². The lowest BCUT2D eigenvalue weighted by molar-refractivity contribution is 0.413. The number of unbranched alkanes of at least 4 members (excludes halogenated alkanes) is 1. The molecule has 4 aromatic rings. The molecule has 0 amide bonds. The minimum Gasteiger partial charge on any atom is -0.494 e. The number of rotatable bonds is 10. The van der Waals surface area contributed by atoms with E-state index in [1.807, 2.05) is 24.3 Å². The largest absolute Gasteiger partial charge is 0.494 e. The number of nitrogens with one attached hydrogen (secondary N) is 2. The summed E-state index contributed by atoms with van der Waals surface area (Å²) >= 11 is 11.8. The Morgan fingerprint density at radius 3 is 2.82 bits per heavy atom. The Bertz CT molecular complexity index is 1210. The standard InChI is InChI=1S/C23H23Cl2FN6O/c1-33-20-12-17(8-9-19(20)32-13-21(25)27-14-32)28-23-29-22(30-31-23)18(7-2-3-10-24)15-5-4-6-16(26)11-15/h4-6,8-9,11-14,18H,2-3,7,10H2,1H3,(H2,28,29,30,31). The fourth-order valence-corrected chi connectivity index (χ4v) is 3.98. The predicted molar refractivity (Wildman–Crippen MR) is 128 cm³/mol. The van der Waals surface area contributed by atoms with Crippen molar-refractivity contribution in [2.75, 3.05) is 18.3 Å². The Morgan fingerprint density at radius 1 is 1.21 bits per heavy atom. The van der Waals surface area contributed by atoms with Crippen LogP contribution >= 0.6 is 23.2 Å². The zero-order valence-electron chi connectivity index (χ0n) is 17.9. The molecular formula is C23H23Cl2FN6O. The van der Waals surface area contributed by atoms with Gasteiger partial charge < -0.3 is 14.6 Å². The zero-order valence-corrected chi connectivity index (χ0v) is 19.4. The molecule has 10 heteroatoms. The molecular weight excluding hydrogens is 466 g/mol. The normalized spacial score (nSPS) is 12.0. The molecule has 0 spiro atoms. The molecule has 4 rings (SSSR count). The van der Waals surface area contributed by atoms with Gasteiger partial charge in [0.15, 0.2) is 0 Å². The van der Waals surface area contributed by atoms with Crippen LogP contribution in [0.3, 0.4) is 0 Å². The highest BCUT2D eigenvalue weighted by Gasteiger charge is 2.19. The van der Waals surface area contributed by atoms with Crippen molar-refractivity contribution in [2.24, 2.45) is 0 Å².